The molecule has 0 aromatic carbocycles. The van der Waals surface area contributed by atoms with E-state index in [1.165, 1.54) is 6.92 Å². The van der Waals surface area contributed by atoms with Crippen molar-refractivity contribution < 1.29 is 9.59 Å². The van der Waals surface area contributed by atoms with Crippen LogP contribution >= 0.6 is 0 Å². The van der Waals surface area contributed by atoms with Crippen LogP contribution in [0.25, 0.3) is 0 Å². The van der Waals surface area contributed by atoms with Crippen molar-refractivity contribution in [1.82, 2.24) is 25.6 Å². The third-order valence-corrected chi connectivity index (χ3v) is 4.64. The predicted molar refractivity (Wildman–Crippen MR) is 104 cm³/mol. The minimum Gasteiger partial charge on any atom is -0.368 e. The number of rotatable bonds is 5. The number of urea groups is 1. The first-order valence-corrected chi connectivity index (χ1v) is 9.02. The highest BCUT2D eigenvalue weighted by Crippen LogP contribution is 2.45. The van der Waals surface area contributed by atoms with E-state index in [0.717, 1.165) is 19.3 Å². The molecule has 0 saturated heterocycles. The number of carbonyl (C=O) groups is 2. The number of nitrogen functional groups attached to an aromatic ring is 1. The zero-order valence-electron chi connectivity index (χ0n) is 16.6. The van der Waals surface area contributed by atoms with Gasteiger partial charge in [0.15, 0.2) is 0 Å². The monoisotopic (exact) mass is 378 g/mol. The number of hydrogen-bond donors (Lipinski definition) is 5. The van der Waals surface area contributed by atoms with E-state index >= 15 is 0 Å². The number of carbonyl (C=O) groups excluding carboxylic acids is 2. The number of nitrogens with zero attached hydrogens (tertiary/aromatic N) is 3. The summed E-state index contributed by atoms with van der Waals surface area (Å²) in [6, 6.07) is -0.428. The van der Waals surface area contributed by atoms with Gasteiger partial charge < -0.3 is 21.7 Å². The van der Waals surface area contributed by atoms with Crippen molar-refractivity contribution in [3.05, 3.63) is 0 Å². The standard InChI is InChI=1S/C17H30N8O2/c1-10(26)20-9-17(4)7-11(6-16(2,3)8-17)21-15(27)25-14-23-12(18)22-13(19-5)24-14/h11H,6-9H2,1-5H3,(H,20,26)(H5,18,19,21,22,23,24,25,27). The largest absolute Gasteiger partial charge is 0.368 e. The molecule has 1 saturated carbocycles. The Labute approximate surface area is 159 Å². The molecule has 10 nitrogen and oxygen atoms in total. The number of nitrogens with one attached hydrogen (secondary N) is 4. The Morgan fingerprint density at radius 1 is 1.15 bits per heavy atom. The maximum atomic E-state index is 12.4. The van der Waals surface area contributed by atoms with Crippen molar-refractivity contribution in [2.45, 2.75) is 53.0 Å². The van der Waals surface area contributed by atoms with Crippen molar-refractivity contribution in [3.63, 3.8) is 0 Å². The maximum absolute atomic E-state index is 12.4. The van der Waals surface area contributed by atoms with Gasteiger partial charge in [-0.05, 0) is 30.1 Å². The lowest BCUT2D eigenvalue weighted by atomic mass is 9.62. The summed E-state index contributed by atoms with van der Waals surface area (Å²) in [7, 11) is 1.65. The fourth-order valence-corrected chi connectivity index (χ4v) is 4.09. The Bertz CT molecular complexity index is 708. The van der Waals surface area contributed by atoms with E-state index < -0.39 is 6.03 Å². The van der Waals surface area contributed by atoms with Crippen LogP contribution < -0.4 is 27.0 Å². The van der Waals surface area contributed by atoms with Crippen LogP contribution in [0.4, 0.5) is 22.6 Å². The highest BCUT2D eigenvalue weighted by Gasteiger charge is 2.41. The van der Waals surface area contributed by atoms with Crippen LogP contribution in [-0.2, 0) is 4.79 Å². The van der Waals surface area contributed by atoms with Gasteiger partial charge in [-0.3, -0.25) is 10.1 Å². The number of hydrogen-bond acceptors (Lipinski definition) is 7. The van der Waals surface area contributed by atoms with Crippen molar-refractivity contribution in [2.75, 3.05) is 30.0 Å². The smallest absolute Gasteiger partial charge is 0.321 e. The highest BCUT2D eigenvalue weighted by molar-refractivity contribution is 5.87. The lowest BCUT2D eigenvalue weighted by molar-refractivity contribution is -0.119. The van der Waals surface area contributed by atoms with Gasteiger partial charge in [-0.2, -0.15) is 15.0 Å². The van der Waals surface area contributed by atoms with Gasteiger partial charge in [-0.25, -0.2) is 4.79 Å². The van der Waals surface area contributed by atoms with Gasteiger partial charge in [0.05, 0.1) is 0 Å². The molecule has 0 bridgehead atoms. The Hall–Kier alpha value is -2.65. The van der Waals surface area contributed by atoms with Crippen LogP contribution in [0.2, 0.25) is 0 Å². The normalized spacial score (nSPS) is 24.0. The molecule has 1 aromatic rings. The van der Waals surface area contributed by atoms with Gasteiger partial charge in [-0.15, -0.1) is 0 Å². The van der Waals surface area contributed by atoms with Gasteiger partial charge in [0.1, 0.15) is 0 Å². The Kier molecular flexibility index (Phi) is 6.07. The van der Waals surface area contributed by atoms with E-state index in [0.29, 0.717) is 6.54 Å². The number of anilines is 3. The summed E-state index contributed by atoms with van der Waals surface area (Å²) >= 11 is 0. The molecular weight excluding hydrogens is 348 g/mol. The number of amides is 3. The molecule has 2 atom stereocenters. The van der Waals surface area contributed by atoms with E-state index in [2.05, 4.69) is 57.0 Å². The van der Waals surface area contributed by atoms with Gasteiger partial charge in [0.2, 0.25) is 23.8 Å². The minimum atomic E-state index is -0.396. The second-order valence-electron chi connectivity index (χ2n) is 8.36. The molecule has 27 heavy (non-hydrogen) atoms. The summed E-state index contributed by atoms with van der Waals surface area (Å²) in [5, 5.41) is 11.3. The second kappa shape index (κ2) is 7.93. The lowest BCUT2D eigenvalue weighted by Crippen LogP contribution is -2.51. The summed E-state index contributed by atoms with van der Waals surface area (Å²) in [4.78, 5) is 35.6. The Morgan fingerprint density at radius 2 is 1.81 bits per heavy atom. The first-order chi connectivity index (χ1) is 12.5. The van der Waals surface area contributed by atoms with Crippen LogP contribution in [0.5, 0.6) is 0 Å². The third kappa shape index (κ3) is 6.22. The van der Waals surface area contributed by atoms with Gasteiger partial charge in [0, 0.05) is 26.6 Å². The summed E-state index contributed by atoms with van der Waals surface area (Å²) in [5.41, 5.74) is 5.56. The number of aromatic nitrogens is 3. The van der Waals surface area contributed by atoms with Crippen molar-refractivity contribution in [2.24, 2.45) is 10.8 Å². The molecule has 0 radical (unpaired) electrons. The predicted octanol–water partition coefficient (Wildman–Crippen LogP) is 1.34. The fraction of sp³-hybridized carbons (Fsp3) is 0.706. The molecule has 2 rings (SSSR count). The van der Waals surface area contributed by atoms with E-state index in [1.54, 1.807) is 7.05 Å². The molecule has 1 aliphatic carbocycles. The first kappa shape index (κ1) is 20.7. The SMILES string of the molecule is CNc1nc(N)nc(NC(=O)NC2CC(C)(C)CC(C)(CNC(C)=O)C2)n1. The topological polar surface area (TPSA) is 147 Å². The van der Waals surface area contributed by atoms with Crippen molar-refractivity contribution in [1.29, 1.82) is 0 Å². The molecule has 150 valence electrons. The quantitative estimate of drug-likeness (QED) is 0.519. The third-order valence-electron chi connectivity index (χ3n) is 4.64. The molecule has 1 fully saturated rings. The summed E-state index contributed by atoms with van der Waals surface area (Å²) < 4.78 is 0. The molecule has 3 amide bonds. The van der Waals surface area contributed by atoms with Crippen LogP contribution in [0.1, 0.15) is 47.0 Å². The molecule has 0 aliphatic heterocycles. The van der Waals surface area contributed by atoms with Gasteiger partial charge in [-0.1, -0.05) is 20.8 Å². The zero-order valence-corrected chi connectivity index (χ0v) is 16.6. The average molecular weight is 378 g/mol. The van der Waals surface area contributed by atoms with Gasteiger partial charge in [0.25, 0.3) is 0 Å². The maximum Gasteiger partial charge on any atom is 0.321 e. The molecular formula is C17H30N8O2. The van der Waals surface area contributed by atoms with E-state index in [1.807, 2.05) is 0 Å². The van der Waals surface area contributed by atoms with Crippen LogP contribution in [-0.4, -0.2) is 46.5 Å². The van der Waals surface area contributed by atoms with Gasteiger partial charge >= 0.3 is 6.03 Å². The van der Waals surface area contributed by atoms with Crippen molar-refractivity contribution >= 4 is 29.8 Å². The summed E-state index contributed by atoms with van der Waals surface area (Å²) in [6.45, 7) is 8.59. The van der Waals surface area contributed by atoms with Crippen molar-refractivity contribution in [3.8, 4) is 0 Å². The summed E-state index contributed by atoms with van der Waals surface area (Å²) in [5.74, 6) is 0.334. The van der Waals surface area contributed by atoms with E-state index in [4.69, 9.17) is 5.73 Å². The fourth-order valence-electron chi connectivity index (χ4n) is 4.09. The zero-order chi connectivity index (χ0) is 20.2. The minimum absolute atomic E-state index is 0.0198. The first-order valence-electron chi connectivity index (χ1n) is 9.02. The number of nitrogens with two attached hydrogens (primary N) is 1. The molecule has 1 aliphatic rings. The average Bonchev–Trinajstić information content (AvgIpc) is 2.50. The highest BCUT2D eigenvalue weighted by atomic mass is 16.2. The molecule has 1 heterocycles. The molecule has 10 heteroatoms. The lowest BCUT2D eigenvalue weighted by Gasteiger charge is -2.46. The van der Waals surface area contributed by atoms with E-state index in [-0.39, 0.29) is 40.6 Å². The molecule has 6 N–H and O–H groups in total. The molecule has 2 unspecified atom stereocenters. The van der Waals surface area contributed by atoms with Crippen LogP contribution in [0.15, 0.2) is 0 Å². The van der Waals surface area contributed by atoms with Crippen LogP contribution in [0, 0.1) is 10.8 Å². The molecule has 1 aromatic heterocycles. The van der Waals surface area contributed by atoms with Crippen LogP contribution in [0.3, 0.4) is 0 Å². The summed E-state index contributed by atoms with van der Waals surface area (Å²) in [6.07, 6.45) is 2.58. The Morgan fingerprint density at radius 3 is 2.44 bits per heavy atom. The molecule has 0 spiro atoms. The second-order valence-corrected chi connectivity index (χ2v) is 8.36. The van der Waals surface area contributed by atoms with E-state index in [9.17, 15) is 9.59 Å². The Balaban J connectivity index is 2.03.